The number of amides is 1. The molecule has 3 fully saturated rings. The normalized spacial score (nSPS) is 19.2. The summed E-state index contributed by atoms with van der Waals surface area (Å²) in [6.07, 6.45) is 4.40. The van der Waals surface area contributed by atoms with Gasteiger partial charge < -0.3 is 25.8 Å². The van der Waals surface area contributed by atoms with Gasteiger partial charge in [-0.2, -0.15) is 12.6 Å². The number of aliphatic hydroxyl groups excluding tert-OH is 1. The minimum atomic E-state index is -0.119. The topological polar surface area (TPSA) is 114 Å². The van der Waals surface area contributed by atoms with Gasteiger partial charge in [-0.05, 0) is 49.9 Å². The van der Waals surface area contributed by atoms with Gasteiger partial charge >= 0.3 is 0 Å². The third kappa shape index (κ3) is 6.37. The summed E-state index contributed by atoms with van der Waals surface area (Å²) in [5.41, 5.74) is 7.08. The molecule has 2 heterocycles. The van der Waals surface area contributed by atoms with Crippen LogP contribution in [-0.2, 0) is 14.3 Å². The van der Waals surface area contributed by atoms with E-state index in [1.54, 1.807) is 0 Å². The van der Waals surface area contributed by atoms with Crippen LogP contribution < -0.4 is 16.0 Å². The Morgan fingerprint density at radius 3 is 2.27 bits per heavy atom. The van der Waals surface area contributed by atoms with Crippen LogP contribution in [0.1, 0.15) is 45.2 Å². The van der Waals surface area contributed by atoms with Gasteiger partial charge in [0.1, 0.15) is 5.82 Å². The van der Waals surface area contributed by atoms with E-state index >= 15 is 0 Å². The Labute approximate surface area is 201 Å². The molecule has 1 saturated heterocycles. The molecule has 2 aliphatic carbocycles. The molecule has 0 atom stereocenters. The fourth-order valence-corrected chi connectivity index (χ4v) is 3.84. The van der Waals surface area contributed by atoms with Crippen molar-refractivity contribution in [2.45, 2.75) is 49.8 Å². The molecule has 1 aromatic carbocycles. The number of nitrogens with one attached hydrogen (secondary N) is 1. The number of aliphatic hydroxyl groups is 1. The molecule has 1 amide bonds. The molecule has 0 spiro atoms. The average molecular weight is 474 g/mol. The van der Waals surface area contributed by atoms with Crippen LogP contribution in [0.4, 0.5) is 11.5 Å². The van der Waals surface area contributed by atoms with Crippen molar-refractivity contribution in [3.8, 4) is 11.4 Å². The first-order valence-corrected chi connectivity index (χ1v) is 12.1. The van der Waals surface area contributed by atoms with Gasteiger partial charge in [0.2, 0.25) is 6.41 Å². The van der Waals surface area contributed by atoms with Gasteiger partial charge in [0, 0.05) is 30.4 Å². The predicted molar refractivity (Wildman–Crippen MR) is 135 cm³/mol. The number of aromatic nitrogens is 2. The van der Waals surface area contributed by atoms with E-state index in [0.717, 1.165) is 80.6 Å². The molecule has 4 N–H and O–H groups in total. The van der Waals surface area contributed by atoms with Gasteiger partial charge in [-0.3, -0.25) is 4.79 Å². The Hall–Kier alpha value is -2.36. The lowest BCUT2D eigenvalue weighted by molar-refractivity contribution is -0.106. The van der Waals surface area contributed by atoms with Crippen molar-refractivity contribution in [3.63, 3.8) is 0 Å². The number of nitrogens with zero attached hydrogens (tertiary/aromatic N) is 3. The number of rotatable bonds is 6. The first-order chi connectivity index (χ1) is 16.0. The minimum Gasteiger partial charge on any atom is -0.394 e. The molecular formula is C24H35N5O3S. The molecule has 5 rings (SSSR count). The van der Waals surface area contributed by atoms with Crippen LogP contribution in [0.25, 0.3) is 11.4 Å². The second-order valence-corrected chi connectivity index (χ2v) is 9.20. The second kappa shape index (κ2) is 11.2. The van der Waals surface area contributed by atoms with E-state index in [0.29, 0.717) is 0 Å². The van der Waals surface area contributed by atoms with Crippen molar-refractivity contribution >= 4 is 30.5 Å². The molecule has 2 saturated carbocycles. The maximum atomic E-state index is 9.51. The van der Waals surface area contributed by atoms with Crippen molar-refractivity contribution in [2.24, 2.45) is 5.73 Å². The standard InChI is InChI=1S/C21H26N4O2S.C2H6.CH3NO/c26-14-20(5-6-20)24-16-3-1-15(2-4-16)19-22-17(21(28)7-8-21)13-18(23-19)25-9-11-27-12-10-25;1-2;2-1-3/h1-4,13,24,26,28H,5-12,14H2;1-2H3;1H,(H2,2,3). The monoisotopic (exact) mass is 473 g/mol. The highest BCUT2D eigenvalue weighted by Gasteiger charge is 2.43. The molecule has 1 aromatic heterocycles. The van der Waals surface area contributed by atoms with Crippen molar-refractivity contribution in [1.29, 1.82) is 0 Å². The maximum absolute atomic E-state index is 9.51. The smallest absolute Gasteiger partial charge is 0.204 e. The molecule has 0 unspecified atom stereocenters. The zero-order chi connectivity index (χ0) is 23.9. The van der Waals surface area contributed by atoms with E-state index < -0.39 is 0 Å². The third-order valence-electron chi connectivity index (χ3n) is 5.96. The molecule has 0 bridgehead atoms. The Kier molecular flexibility index (Phi) is 8.56. The molecule has 180 valence electrons. The molecule has 0 radical (unpaired) electrons. The number of carbonyl (C=O) groups is 1. The lowest BCUT2D eigenvalue weighted by atomic mass is 10.1. The van der Waals surface area contributed by atoms with Crippen LogP contribution in [0.5, 0.6) is 0 Å². The van der Waals surface area contributed by atoms with Gasteiger partial charge in [0.15, 0.2) is 5.82 Å². The molecule has 33 heavy (non-hydrogen) atoms. The fourth-order valence-electron chi connectivity index (χ4n) is 3.61. The SMILES string of the molecule is CC.NC=O.OCC1(Nc2ccc(-c3nc(N4CCOCC4)cc(C4(S)CC4)n3)cc2)CC1. The van der Waals surface area contributed by atoms with Gasteiger partial charge in [0.05, 0.1) is 35.8 Å². The summed E-state index contributed by atoms with van der Waals surface area (Å²) in [6.45, 7) is 7.33. The number of benzene rings is 1. The van der Waals surface area contributed by atoms with Crippen LogP contribution in [-0.4, -0.2) is 59.9 Å². The highest BCUT2D eigenvalue weighted by atomic mass is 32.1. The maximum Gasteiger partial charge on any atom is 0.204 e. The number of carbonyl (C=O) groups excluding carboxylic acids is 1. The lowest BCUT2D eigenvalue weighted by Gasteiger charge is -2.28. The van der Waals surface area contributed by atoms with E-state index in [2.05, 4.69) is 34.1 Å². The number of morpholine rings is 1. The zero-order valence-electron chi connectivity index (χ0n) is 19.5. The van der Waals surface area contributed by atoms with Crippen LogP contribution >= 0.6 is 12.6 Å². The van der Waals surface area contributed by atoms with E-state index in [9.17, 15) is 5.11 Å². The van der Waals surface area contributed by atoms with Gasteiger partial charge in [-0.1, -0.05) is 13.8 Å². The molecule has 2 aromatic rings. The first kappa shape index (κ1) is 25.3. The summed E-state index contributed by atoms with van der Waals surface area (Å²) in [6, 6.07) is 10.3. The largest absolute Gasteiger partial charge is 0.394 e. The molecule has 3 aliphatic rings. The van der Waals surface area contributed by atoms with Crippen LogP contribution in [0.15, 0.2) is 30.3 Å². The summed E-state index contributed by atoms with van der Waals surface area (Å²) in [4.78, 5) is 20.6. The third-order valence-corrected chi connectivity index (χ3v) is 6.63. The molecule has 8 nitrogen and oxygen atoms in total. The number of primary amides is 1. The Morgan fingerprint density at radius 1 is 1.15 bits per heavy atom. The number of hydrogen-bond acceptors (Lipinski definition) is 8. The van der Waals surface area contributed by atoms with Crippen molar-refractivity contribution < 1.29 is 14.6 Å². The number of hydrogen-bond donors (Lipinski definition) is 4. The van der Waals surface area contributed by atoms with E-state index in [4.69, 9.17) is 32.1 Å². The second-order valence-electron chi connectivity index (χ2n) is 8.34. The number of ether oxygens (including phenoxy) is 1. The van der Waals surface area contributed by atoms with Crippen molar-refractivity contribution in [1.82, 2.24) is 9.97 Å². The summed E-state index contributed by atoms with van der Waals surface area (Å²) < 4.78 is 5.38. The van der Waals surface area contributed by atoms with E-state index in [-0.39, 0.29) is 23.3 Å². The van der Waals surface area contributed by atoms with Crippen molar-refractivity contribution in [2.75, 3.05) is 43.1 Å². The first-order valence-electron chi connectivity index (χ1n) is 11.6. The fraction of sp³-hybridized carbons (Fsp3) is 0.542. The number of anilines is 2. The molecular weight excluding hydrogens is 438 g/mol. The van der Waals surface area contributed by atoms with Crippen LogP contribution in [0.2, 0.25) is 0 Å². The van der Waals surface area contributed by atoms with Crippen LogP contribution in [0.3, 0.4) is 0 Å². The van der Waals surface area contributed by atoms with Crippen molar-refractivity contribution in [3.05, 3.63) is 36.0 Å². The van der Waals surface area contributed by atoms with Crippen LogP contribution in [0, 0.1) is 0 Å². The van der Waals surface area contributed by atoms with E-state index in [1.807, 2.05) is 26.0 Å². The zero-order valence-corrected chi connectivity index (χ0v) is 20.4. The number of thiol groups is 1. The lowest BCUT2D eigenvalue weighted by Crippen LogP contribution is -2.37. The Bertz CT molecular complexity index is 911. The Morgan fingerprint density at radius 2 is 1.76 bits per heavy atom. The molecule has 1 aliphatic heterocycles. The van der Waals surface area contributed by atoms with E-state index in [1.165, 1.54) is 0 Å². The highest BCUT2D eigenvalue weighted by Crippen LogP contribution is 2.51. The molecule has 9 heteroatoms. The van der Waals surface area contributed by atoms with Gasteiger partial charge in [-0.15, -0.1) is 0 Å². The highest BCUT2D eigenvalue weighted by molar-refractivity contribution is 7.81. The Balaban J connectivity index is 0.000000569. The number of nitrogens with two attached hydrogens (primary N) is 1. The quantitative estimate of drug-likeness (QED) is 0.377. The summed E-state index contributed by atoms with van der Waals surface area (Å²) in [5, 5.41) is 13.0. The summed E-state index contributed by atoms with van der Waals surface area (Å²) in [5.74, 6) is 1.71. The summed E-state index contributed by atoms with van der Waals surface area (Å²) in [7, 11) is 0. The minimum absolute atomic E-state index is 0.111. The summed E-state index contributed by atoms with van der Waals surface area (Å²) >= 11 is 4.84. The average Bonchev–Trinajstić information content (AvgIpc) is 3.80. The van der Waals surface area contributed by atoms with Gasteiger partial charge in [0.25, 0.3) is 0 Å². The predicted octanol–water partition coefficient (Wildman–Crippen LogP) is 2.96. The van der Waals surface area contributed by atoms with Gasteiger partial charge in [-0.25, -0.2) is 9.97 Å².